The summed E-state index contributed by atoms with van der Waals surface area (Å²) in [6.45, 7) is 2.63. The predicted octanol–water partition coefficient (Wildman–Crippen LogP) is 2.02. The molecule has 6 nitrogen and oxygen atoms in total. The number of hydrogen-bond donors (Lipinski definition) is 2. The number of methoxy groups -OCH3 is 2. The van der Waals surface area contributed by atoms with Crippen LogP contribution in [0.25, 0.3) is 0 Å². The fraction of sp³-hybridized carbons (Fsp3) is 0.529. The molecule has 23 heavy (non-hydrogen) atoms. The molecule has 1 aromatic carbocycles. The lowest BCUT2D eigenvalue weighted by molar-refractivity contribution is -0.121. The number of unbranched alkanes of at least 4 members (excludes halogenated alkanes) is 2. The van der Waals surface area contributed by atoms with Crippen LogP contribution in [0.2, 0.25) is 0 Å². The van der Waals surface area contributed by atoms with Crippen molar-refractivity contribution in [2.45, 2.75) is 39.2 Å². The lowest BCUT2D eigenvalue weighted by atomic mass is 10.1. The van der Waals surface area contributed by atoms with Crippen LogP contribution in [0.4, 0.5) is 0 Å². The van der Waals surface area contributed by atoms with E-state index in [1.54, 1.807) is 14.2 Å². The Labute approximate surface area is 137 Å². The van der Waals surface area contributed by atoms with Crippen molar-refractivity contribution in [1.29, 1.82) is 0 Å². The van der Waals surface area contributed by atoms with Crippen LogP contribution in [-0.4, -0.2) is 32.6 Å². The molecule has 0 aliphatic carbocycles. The summed E-state index contributed by atoms with van der Waals surface area (Å²) >= 11 is 0. The number of carbonyl (C=O) groups is 2. The number of hydrogen-bond acceptors (Lipinski definition) is 4. The maximum Gasteiger partial charge on any atom is 0.220 e. The van der Waals surface area contributed by atoms with E-state index in [9.17, 15) is 9.59 Å². The van der Waals surface area contributed by atoms with Gasteiger partial charge in [-0.3, -0.25) is 9.59 Å². The van der Waals surface area contributed by atoms with Crippen LogP contribution in [0.15, 0.2) is 18.2 Å². The Bertz CT molecular complexity index is 517. The topological polar surface area (TPSA) is 76.7 Å². The Morgan fingerprint density at radius 2 is 1.74 bits per heavy atom. The summed E-state index contributed by atoms with van der Waals surface area (Å²) in [5.74, 6) is 1.33. The largest absolute Gasteiger partial charge is 0.493 e. The Kier molecular flexibility index (Phi) is 8.57. The van der Waals surface area contributed by atoms with Gasteiger partial charge in [-0.1, -0.05) is 12.5 Å². The Morgan fingerprint density at radius 1 is 1.00 bits per heavy atom. The van der Waals surface area contributed by atoms with Gasteiger partial charge in [0.25, 0.3) is 0 Å². The fourth-order valence-electron chi connectivity index (χ4n) is 2.13. The first-order chi connectivity index (χ1) is 11.1. The molecule has 0 atom stereocenters. The Hall–Kier alpha value is -2.24. The van der Waals surface area contributed by atoms with E-state index in [0.29, 0.717) is 31.0 Å². The van der Waals surface area contributed by atoms with Crippen LogP contribution >= 0.6 is 0 Å². The number of rotatable bonds is 10. The van der Waals surface area contributed by atoms with Crippen molar-refractivity contribution in [3.8, 4) is 11.5 Å². The van der Waals surface area contributed by atoms with Crippen molar-refractivity contribution < 1.29 is 19.1 Å². The van der Waals surface area contributed by atoms with Gasteiger partial charge in [0.2, 0.25) is 11.8 Å². The molecule has 0 saturated heterocycles. The minimum Gasteiger partial charge on any atom is -0.493 e. The van der Waals surface area contributed by atoms with Gasteiger partial charge < -0.3 is 20.1 Å². The molecule has 1 aromatic rings. The summed E-state index contributed by atoms with van der Waals surface area (Å²) in [7, 11) is 3.17. The van der Waals surface area contributed by atoms with E-state index >= 15 is 0 Å². The molecule has 0 aromatic heterocycles. The molecule has 0 saturated carbocycles. The molecule has 1 rings (SSSR count). The standard InChI is InChI=1S/C17H26N2O4/c1-13(20)18-10-6-4-5-7-17(21)19-12-14-8-9-15(22-2)16(11-14)23-3/h8-9,11H,4-7,10,12H2,1-3H3,(H,18,20)(H,19,21). The smallest absolute Gasteiger partial charge is 0.220 e. The molecule has 0 aliphatic heterocycles. The third kappa shape index (κ3) is 7.54. The summed E-state index contributed by atoms with van der Waals surface area (Å²) in [5.41, 5.74) is 0.960. The average Bonchev–Trinajstić information content (AvgIpc) is 2.55. The van der Waals surface area contributed by atoms with Crippen LogP contribution in [0.3, 0.4) is 0 Å². The highest BCUT2D eigenvalue weighted by molar-refractivity contribution is 5.75. The number of nitrogens with one attached hydrogen (secondary N) is 2. The first-order valence-electron chi connectivity index (χ1n) is 7.79. The second-order valence-electron chi connectivity index (χ2n) is 5.26. The van der Waals surface area contributed by atoms with Gasteiger partial charge in [0, 0.05) is 26.4 Å². The van der Waals surface area contributed by atoms with Crippen molar-refractivity contribution in [3.63, 3.8) is 0 Å². The third-order valence-electron chi connectivity index (χ3n) is 3.39. The van der Waals surface area contributed by atoms with Gasteiger partial charge in [-0.15, -0.1) is 0 Å². The highest BCUT2D eigenvalue weighted by atomic mass is 16.5. The van der Waals surface area contributed by atoms with Gasteiger partial charge >= 0.3 is 0 Å². The summed E-state index contributed by atoms with van der Waals surface area (Å²) in [6, 6.07) is 5.57. The fourth-order valence-corrected chi connectivity index (χ4v) is 2.13. The SMILES string of the molecule is COc1ccc(CNC(=O)CCCCCNC(C)=O)cc1OC. The first-order valence-corrected chi connectivity index (χ1v) is 7.79. The molecular formula is C17H26N2O4. The lowest BCUT2D eigenvalue weighted by Gasteiger charge is -2.10. The van der Waals surface area contributed by atoms with E-state index in [1.807, 2.05) is 18.2 Å². The highest BCUT2D eigenvalue weighted by Gasteiger charge is 2.06. The van der Waals surface area contributed by atoms with Crippen LogP contribution in [0, 0.1) is 0 Å². The first kappa shape index (κ1) is 18.8. The van der Waals surface area contributed by atoms with Crippen molar-refractivity contribution in [3.05, 3.63) is 23.8 Å². The van der Waals surface area contributed by atoms with E-state index < -0.39 is 0 Å². The maximum absolute atomic E-state index is 11.8. The monoisotopic (exact) mass is 322 g/mol. The second-order valence-corrected chi connectivity index (χ2v) is 5.26. The van der Waals surface area contributed by atoms with Crippen LogP contribution in [0.1, 0.15) is 38.2 Å². The van der Waals surface area contributed by atoms with Crippen molar-refractivity contribution in [2.75, 3.05) is 20.8 Å². The molecule has 0 unspecified atom stereocenters. The molecule has 2 N–H and O–H groups in total. The Morgan fingerprint density at radius 3 is 2.39 bits per heavy atom. The normalized spacial score (nSPS) is 10.0. The molecule has 0 aliphatic rings. The van der Waals surface area contributed by atoms with Crippen LogP contribution < -0.4 is 20.1 Å². The quantitative estimate of drug-likeness (QED) is 0.646. The minimum atomic E-state index is -0.0161. The second kappa shape index (κ2) is 10.5. The number of amides is 2. The summed E-state index contributed by atoms with van der Waals surface area (Å²) < 4.78 is 10.4. The third-order valence-corrected chi connectivity index (χ3v) is 3.39. The molecule has 128 valence electrons. The number of benzene rings is 1. The average molecular weight is 322 g/mol. The van der Waals surface area contributed by atoms with E-state index in [0.717, 1.165) is 24.8 Å². The van der Waals surface area contributed by atoms with Crippen LogP contribution in [-0.2, 0) is 16.1 Å². The molecule has 6 heteroatoms. The number of carbonyl (C=O) groups excluding carboxylic acids is 2. The van der Waals surface area contributed by atoms with E-state index in [1.165, 1.54) is 6.92 Å². The van der Waals surface area contributed by atoms with Crippen molar-refractivity contribution >= 4 is 11.8 Å². The minimum absolute atomic E-state index is 0.0161. The highest BCUT2D eigenvalue weighted by Crippen LogP contribution is 2.27. The molecule has 0 heterocycles. The molecule has 0 fully saturated rings. The van der Waals surface area contributed by atoms with Crippen LogP contribution in [0.5, 0.6) is 11.5 Å². The zero-order chi connectivity index (χ0) is 17.1. The van der Waals surface area contributed by atoms with Gasteiger partial charge in [0.15, 0.2) is 11.5 Å². The zero-order valence-electron chi connectivity index (χ0n) is 14.1. The molecule has 0 spiro atoms. The van der Waals surface area contributed by atoms with E-state index in [-0.39, 0.29) is 11.8 Å². The molecule has 2 amide bonds. The van der Waals surface area contributed by atoms with Crippen molar-refractivity contribution in [2.24, 2.45) is 0 Å². The predicted molar refractivity (Wildman–Crippen MR) is 88.5 cm³/mol. The van der Waals surface area contributed by atoms with Gasteiger partial charge in [-0.25, -0.2) is 0 Å². The number of ether oxygens (including phenoxy) is 2. The van der Waals surface area contributed by atoms with Gasteiger partial charge in [0.1, 0.15) is 0 Å². The van der Waals surface area contributed by atoms with E-state index in [4.69, 9.17) is 9.47 Å². The van der Waals surface area contributed by atoms with Gasteiger partial charge in [-0.2, -0.15) is 0 Å². The van der Waals surface area contributed by atoms with Gasteiger partial charge in [0.05, 0.1) is 14.2 Å². The zero-order valence-corrected chi connectivity index (χ0v) is 14.1. The Balaban J connectivity index is 2.24. The lowest BCUT2D eigenvalue weighted by Crippen LogP contribution is -2.23. The summed E-state index contributed by atoms with van der Waals surface area (Å²) in [6.07, 6.45) is 3.12. The molecule has 0 bridgehead atoms. The summed E-state index contributed by atoms with van der Waals surface area (Å²) in [4.78, 5) is 22.5. The summed E-state index contributed by atoms with van der Waals surface area (Å²) in [5, 5.41) is 5.63. The maximum atomic E-state index is 11.8. The van der Waals surface area contributed by atoms with Gasteiger partial charge in [-0.05, 0) is 30.5 Å². The molecular weight excluding hydrogens is 296 g/mol. The van der Waals surface area contributed by atoms with Crippen molar-refractivity contribution in [1.82, 2.24) is 10.6 Å². The molecule has 0 radical (unpaired) electrons. The van der Waals surface area contributed by atoms with E-state index in [2.05, 4.69) is 10.6 Å².